The highest BCUT2D eigenvalue weighted by Gasteiger charge is 2.36. The molecule has 2 aromatic rings. The molecule has 9 nitrogen and oxygen atoms in total. The number of carbonyl (C=O) groups is 3. The van der Waals surface area contributed by atoms with Crippen molar-refractivity contribution in [2.45, 2.75) is 19.9 Å². The Kier molecular flexibility index (Phi) is 8.01. The van der Waals surface area contributed by atoms with Gasteiger partial charge in [0.1, 0.15) is 5.57 Å². The van der Waals surface area contributed by atoms with Crippen molar-refractivity contribution in [3.63, 3.8) is 0 Å². The molecule has 4 amide bonds. The van der Waals surface area contributed by atoms with Gasteiger partial charge in [0, 0.05) is 0 Å². The molecule has 1 aliphatic rings. The topological polar surface area (TPSA) is 103 Å². The van der Waals surface area contributed by atoms with Gasteiger partial charge in [-0.15, -0.1) is 0 Å². The molecule has 34 heavy (non-hydrogen) atoms. The van der Waals surface area contributed by atoms with Gasteiger partial charge in [0.25, 0.3) is 11.8 Å². The maximum absolute atomic E-state index is 13.1. The Labute approximate surface area is 202 Å². The summed E-state index contributed by atoms with van der Waals surface area (Å²) >= 11 is 6.23. The number of imide groups is 2. The number of carbonyl (C=O) groups excluding carboxylic acids is 3. The van der Waals surface area contributed by atoms with Crippen molar-refractivity contribution >= 4 is 35.5 Å². The molecule has 3 rings (SSSR count). The van der Waals surface area contributed by atoms with Gasteiger partial charge in [-0.2, -0.15) is 0 Å². The summed E-state index contributed by atoms with van der Waals surface area (Å²) in [6, 6.07) is 7.39. The van der Waals surface area contributed by atoms with Gasteiger partial charge in [-0.3, -0.25) is 19.8 Å². The van der Waals surface area contributed by atoms with Crippen molar-refractivity contribution in [2.75, 3.05) is 27.9 Å². The summed E-state index contributed by atoms with van der Waals surface area (Å²) in [6.45, 7) is 2.44. The number of amides is 4. The number of ether oxygens (including phenoxy) is 4. The summed E-state index contributed by atoms with van der Waals surface area (Å²) in [5, 5.41) is 2.44. The summed E-state index contributed by atoms with van der Waals surface area (Å²) < 4.78 is 21.5. The highest BCUT2D eigenvalue weighted by atomic mass is 35.5. The Balaban J connectivity index is 1.90. The number of benzene rings is 2. The Bertz CT molecular complexity index is 1150. The first kappa shape index (κ1) is 24.9. The number of rotatable bonds is 9. The highest BCUT2D eigenvalue weighted by molar-refractivity contribution is 6.33. The molecule has 0 bridgehead atoms. The van der Waals surface area contributed by atoms with Gasteiger partial charge in [-0.05, 0) is 47.9 Å². The van der Waals surface area contributed by atoms with Crippen molar-refractivity contribution in [3.05, 3.63) is 52.1 Å². The first-order valence-electron chi connectivity index (χ1n) is 10.4. The van der Waals surface area contributed by atoms with Gasteiger partial charge >= 0.3 is 6.03 Å². The van der Waals surface area contributed by atoms with E-state index in [-0.39, 0.29) is 17.1 Å². The minimum atomic E-state index is -0.817. The second kappa shape index (κ2) is 10.9. The molecule has 1 N–H and O–H groups in total. The van der Waals surface area contributed by atoms with E-state index in [1.54, 1.807) is 24.3 Å². The SMILES string of the molecule is CCCOc1ccc(CN2C(=O)NC(=O)/C(=C\c3cc(Cl)c(OC)c(OC)c3)C2=O)cc1OC. The van der Waals surface area contributed by atoms with E-state index >= 15 is 0 Å². The zero-order valence-corrected chi connectivity index (χ0v) is 20.0. The Morgan fingerprint density at radius 1 is 0.971 bits per heavy atom. The van der Waals surface area contributed by atoms with Crippen LogP contribution >= 0.6 is 11.6 Å². The van der Waals surface area contributed by atoms with Crippen molar-refractivity contribution < 1.29 is 33.3 Å². The van der Waals surface area contributed by atoms with E-state index in [0.717, 1.165) is 11.3 Å². The van der Waals surface area contributed by atoms with Gasteiger partial charge in [0.15, 0.2) is 23.0 Å². The van der Waals surface area contributed by atoms with Crippen LogP contribution in [0.5, 0.6) is 23.0 Å². The van der Waals surface area contributed by atoms with Crippen LogP contribution < -0.4 is 24.3 Å². The van der Waals surface area contributed by atoms with Crippen LogP contribution in [0.3, 0.4) is 0 Å². The predicted octanol–water partition coefficient (Wildman–Crippen LogP) is 3.82. The second-order valence-electron chi connectivity index (χ2n) is 7.28. The van der Waals surface area contributed by atoms with E-state index in [9.17, 15) is 14.4 Å². The minimum absolute atomic E-state index is 0.0770. The van der Waals surface area contributed by atoms with Crippen molar-refractivity contribution in [2.24, 2.45) is 0 Å². The van der Waals surface area contributed by atoms with Crippen LogP contribution in [-0.2, 0) is 16.1 Å². The minimum Gasteiger partial charge on any atom is -0.493 e. The number of halogens is 1. The molecular formula is C24H25ClN2O7. The monoisotopic (exact) mass is 488 g/mol. The Morgan fingerprint density at radius 3 is 2.35 bits per heavy atom. The number of methoxy groups -OCH3 is 3. The summed E-state index contributed by atoms with van der Waals surface area (Å²) in [5.41, 5.74) is 0.819. The van der Waals surface area contributed by atoms with Crippen LogP contribution in [0.15, 0.2) is 35.9 Å². The normalized spacial score (nSPS) is 14.8. The van der Waals surface area contributed by atoms with Crippen LogP contribution in [0.4, 0.5) is 4.79 Å². The van der Waals surface area contributed by atoms with Crippen LogP contribution in [0, 0.1) is 0 Å². The van der Waals surface area contributed by atoms with Crippen LogP contribution in [0.2, 0.25) is 5.02 Å². The largest absolute Gasteiger partial charge is 0.493 e. The van der Waals surface area contributed by atoms with E-state index in [1.807, 2.05) is 6.92 Å². The molecule has 1 saturated heterocycles. The summed E-state index contributed by atoms with van der Waals surface area (Å²) in [4.78, 5) is 39.0. The molecule has 1 aliphatic heterocycles. The first-order chi connectivity index (χ1) is 16.3. The number of hydrogen-bond acceptors (Lipinski definition) is 7. The second-order valence-corrected chi connectivity index (χ2v) is 7.69. The summed E-state index contributed by atoms with van der Waals surface area (Å²) in [5.74, 6) is 0.132. The fraction of sp³-hybridized carbons (Fsp3) is 0.292. The molecule has 0 saturated carbocycles. The van der Waals surface area contributed by atoms with Crippen LogP contribution in [0.25, 0.3) is 6.08 Å². The first-order valence-corrected chi connectivity index (χ1v) is 10.8. The average Bonchev–Trinajstić information content (AvgIpc) is 2.82. The fourth-order valence-corrected chi connectivity index (χ4v) is 3.65. The lowest BCUT2D eigenvalue weighted by molar-refractivity contribution is -0.130. The standard InChI is InChI=1S/C24H25ClN2O7/c1-5-8-34-18-7-6-14(11-19(18)31-2)13-27-23(29)16(22(28)26-24(27)30)9-15-10-17(25)21(33-4)20(12-15)32-3/h6-7,9-12H,5,8,13H2,1-4H3,(H,26,28,30)/b16-9+. The number of nitrogens with one attached hydrogen (secondary N) is 1. The maximum Gasteiger partial charge on any atom is 0.331 e. The van der Waals surface area contributed by atoms with E-state index in [0.29, 0.717) is 40.7 Å². The van der Waals surface area contributed by atoms with E-state index in [1.165, 1.54) is 33.5 Å². The molecule has 0 spiro atoms. The van der Waals surface area contributed by atoms with Gasteiger partial charge in [0.2, 0.25) is 0 Å². The van der Waals surface area contributed by atoms with E-state index in [2.05, 4.69) is 5.32 Å². The van der Waals surface area contributed by atoms with E-state index < -0.39 is 17.8 Å². The van der Waals surface area contributed by atoms with Crippen molar-refractivity contribution in [3.8, 4) is 23.0 Å². The Morgan fingerprint density at radius 2 is 1.71 bits per heavy atom. The lowest BCUT2D eigenvalue weighted by atomic mass is 10.1. The smallest absolute Gasteiger partial charge is 0.331 e. The molecule has 0 aromatic heterocycles. The number of hydrogen-bond donors (Lipinski definition) is 1. The molecule has 0 unspecified atom stereocenters. The maximum atomic E-state index is 13.1. The zero-order valence-electron chi connectivity index (χ0n) is 19.3. The van der Waals surface area contributed by atoms with Gasteiger partial charge < -0.3 is 18.9 Å². The number of nitrogens with zero attached hydrogens (tertiary/aromatic N) is 1. The third kappa shape index (κ3) is 5.26. The van der Waals surface area contributed by atoms with Gasteiger partial charge in [0.05, 0.1) is 39.5 Å². The molecular weight excluding hydrogens is 464 g/mol. The van der Waals surface area contributed by atoms with Crippen molar-refractivity contribution in [1.29, 1.82) is 0 Å². The molecule has 0 radical (unpaired) electrons. The molecule has 1 fully saturated rings. The van der Waals surface area contributed by atoms with Gasteiger partial charge in [-0.1, -0.05) is 24.6 Å². The molecule has 2 aromatic carbocycles. The molecule has 180 valence electrons. The number of urea groups is 1. The van der Waals surface area contributed by atoms with Gasteiger partial charge in [-0.25, -0.2) is 4.79 Å². The third-order valence-corrected chi connectivity index (χ3v) is 5.26. The molecule has 10 heteroatoms. The molecule has 1 heterocycles. The quantitative estimate of drug-likeness (QED) is 0.422. The summed E-state index contributed by atoms with van der Waals surface area (Å²) in [6.07, 6.45) is 2.18. The molecule has 0 atom stereocenters. The average molecular weight is 489 g/mol. The van der Waals surface area contributed by atoms with Crippen LogP contribution in [0.1, 0.15) is 24.5 Å². The Hall–Kier alpha value is -3.72. The highest BCUT2D eigenvalue weighted by Crippen LogP contribution is 2.37. The summed E-state index contributed by atoms with van der Waals surface area (Å²) in [7, 11) is 4.39. The lowest BCUT2D eigenvalue weighted by Gasteiger charge is -2.26. The fourth-order valence-electron chi connectivity index (χ4n) is 3.35. The zero-order chi connectivity index (χ0) is 24.8. The van der Waals surface area contributed by atoms with Crippen molar-refractivity contribution in [1.82, 2.24) is 10.2 Å². The van der Waals surface area contributed by atoms with Crippen LogP contribution in [-0.4, -0.2) is 50.7 Å². The molecule has 0 aliphatic carbocycles. The van der Waals surface area contributed by atoms with E-state index in [4.69, 9.17) is 30.5 Å². The predicted molar refractivity (Wildman–Crippen MR) is 125 cm³/mol. The number of barbiturate groups is 1. The third-order valence-electron chi connectivity index (χ3n) is 4.98. The lowest BCUT2D eigenvalue weighted by Crippen LogP contribution is -2.53.